The standard InChI is InChI=1S/2C7H9.C2H4.2ClH.Zr/c2*1-6-4-3-5-7(6)2;1-2;;;/h2*4H,5H2,1-2H3;1-2H2;2*1H;/q;;;;;+2/p-2. The molecule has 0 N–H and O–H groups in total. The van der Waals surface area contributed by atoms with Crippen LogP contribution in [0.4, 0.5) is 0 Å². The van der Waals surface area contributed by atoms with Crippen LogP contribution >= 0.6 is 0 Å². The fourth-order valence-corrected chi connectivity index (χ4v) is 17.1. The Balaban J connectivity index is 0.000000902. The van der Waals surface area contributed by atoms with Crippen molar-refractivity contribution < 1.29 is 45.1 Å². The molecule has 1 saturated heterocycles. The van der Waals surface area contributed by atoms with Crippen LogP contribution in [-0.4, -0.2) is 0 Å². The van der Waals surface area contributed by atoms with Crippen molar-refractivity contribution in [1.29, 1.82) is 0 Å². The molecule has 0 atom stereocenters. The molecule has 1 heterocycles. The van der Waals surface area contributed by atoms with E-state index in [1.54, 1.807) is 30.5 Å². The molecule has 3 heteroatoms. The Bertz CT molecular complexity index is 473. The summed E-state index contributed by atoms with van der Waals surface area (Å²) in [5, 5.41) is 0. The predicted octanol–water partition coefficient (Wildman–Crippen LogP) is -0.753. The minimum absolute atomic E-state index is 0. The Morgan fingerprint density at radius 2 is 1.11 bits per heavy atom. The van der Waals surface area contributed by atoms with Crippen molar-refractivity contribution in [2.24, 2.45) is 0 Å². The van der Waals surface area contributed by atoms with E-state index in [0.717, 1.165) is 0 Å². The Hall–Kier alpha value is 0.423. The molecule has 0 radical (unpaired) electrons. The van der Waals surface area contributed by atoms with Gasteiger partial charge in [-0.2, -0.15) is 0 Å². The molecule has 1 aliphatic heterocycles. The van der Waals surface area contributed by atoms with Gasteiger partial charge in [0.05, 0.1) is 0 Å². The fraction of sp³-hybridized carbons (Fsp3) is 0.500. The van der Waals surface area contributed by atoms with Gasteiger partial charge in [-0.3, -0.25) is 0 Å². The average molecular weight is 376 g/mol. The maximum Gasteiger partial charge on any atom is -1.00 e. The third-order valence-electron chi connectivity index (χ3n) is 5.02. The maximum absolute atomic E-state index is 2.56. The Morgan fingerprint density at radius 3 is 1.32 bits per heavy atom. The van der Waals surface area contributed by atoms with Gasteiger partial charge in [-0.1, -0.05) is 0 Å². The summed E-state index contributed by atoms with van der Waals surface area (Å²) < 4.78 is 6.99. The summed E-state index contributed by atoms with van der Waals surface area (Å²) in [6.45, 7) is 9.22. The number of hydrogen-bond acceptors (Lipinski definition) is 0. The zero-order valence-corrected chi connectivity index (χ0v) is 16.2. The van der Waals surface area contributed by atoms with Gasteiger partial charge in [0.1, 0.15) is 0 Å². The molecular formula is C16H22Cl2Zr. The fourth-order valence-electron chi connectivity index (χ4n) is 3.31. The molecule has 0 saturated carbocycles. The van der Waals surface area contributed by atoms with Crippen LogP contribution < -0.4 is 24.8 Å². The van der Waals surface area contributed by atoms with E-state index in [2.05, 4.69) is 39.8 Å². The van der Waals surface area contributed by atoms with E-state index in [9.17, 15) is 0 Å². The minimum Gasteiger partial charge on any atom is -1.00 e. The van der Waals surface area contributed by atoms with E-state index in [0.29, 0.717) is 0 Å². The van der Waals surface area contributed by atoms with Gasteiger partial charge in [-0.05, 0) is 0 Å². The minimum atomic E-state index is -1.93. The van der Waals surface area contributed by atoms with E-state index < -0.39 is 20.3 Å². The van der Waals surface area contributed by atoms with Crippen molar-refractivity contribution in [3.63, 3.8) is 0 Å². The van der Waals surface area contributed by atoms with E-state index in [-0.39, 0.29) is 24.8 Å². The second-order valence-electron chi connectivity index (χ2n) is 6.20. The number of halogens is 2. The van der Waals surface area contributed by atoms with Gasteiger partial charge in [0.2, 0.25) is 0 Å². The molecule has 3 aliphatic rings. The van der Waals surface area contributed by atoms with Gasteiger partial charge < -0.3 is 24.8 Å². The smallest absolute Gasteiger partial charge is 1.00 e. The van der Waals surface area contributed by atoms with Gasteiger partial charge >= 0.3 is 110 Å². The SMILES string of the molecule is CC1=C(C)C[C]([Zr+2]2([C]3=CC(C)=C(C)C3)[CH2][CH2]2)=C1.[Cl-].[Cl-]. The number of rotatable bonds is 2. The second-order valence-corrected chi connectivity index (χ2v) is 17.1. The van der Waals surface area contributed by atoms with Crippen LogP contribution in [-0.2, 0) is 20.3 Å². The molecule has 0 unspecified atom stereocenters. The molecule has 3 rings (SSSR count). The zero-order chi connectivity index (χ0) is 12.2. The largest absolute Gasteiger partial charge is 1.00 e. The molecule has 0 aromatic carbocycles. The summed E-state index contributed by atoms with van der Waals surface area (Å²) in [4.78, 5) is 0. The van der Waals surface area contributed by atoms with Gasteiger partial charge in [0.15, 0.2) is 0 Å². The van der Waals surface area contributed by atoms with Crippen LogP contribution in [0.1, 0.15) is 40.5 Å². The van der Waals surface area contributed by atoms with Crippen molar-refractivity contribution in [2.45, 2.75) is 48.8 Å². The van der Waals surface area contributed by atoms with Crippen molar-refractivity contribution in [3.05, 3.63) is 41.0 Å². The van der Waals surface area contributed by atoms with Gasteiger partial charge in [0, 0.05) is 0 Å². The molecular weight excluding hydrogens is 354 g/mol. The second kappa shape index (κ2) is 6.04. The Kier molecular flexibility index (Phi) is 5.56. The van der Waals surface area contributed by atoms with Crippen LogP contribution in [0.15, 0.2) is 41.0 Å². The molecule has 0 amide bonds. The first-order valence-electron chi connectivity index (χ1n) is 6.78. The Labute approximate surface area is 134 Å². The summed E-state index contributed by atoms with van der Waals surface area (Å²) in [6, 6.07) is 0. The number of allylic oxidation sites excluding steroid dienone is 8. The molecule has 1 fully saturated rings. The molecule has 104 valence electrons. The maximum atomic E-state index is 2.56. The summed E-state index contributed by atoms with van der Waals surface area (Å²) in [5.74, 6) is 0. The van der Waals surface area contributed by atoms with Crippen molar-refractivity contribution >= 4 is 0 Å². The first-order chi connectivity index (χ1) is 8.03. The van der Waals surface area contributed by atoms with Gasteiger partial charge in [0.25, 0.3) is 0 Å². The summed E-state index contributed by atoms with van der Waals surface area (Å²) in [7, 11) is 0. The van der Waals surface area contributed by atoms with E-state index in [1.807, 2.05) is 6.56 Å². The molecule has 0 bridgehead atoms. The topological polar surface area (TPSA) is 0 Å². The molecule has 19 heavy (non-hydrogen) atoms. The Morgan fingerprint density at radius 1 is 0.737 bits per heavy atom. The van der Waals surface area contributed by atoms with Crippen LogP contribution in [0.3, 0.4) is 0 Å². The van der Waals surface area contributed by atoms with Gasteiger partial charge in [-0.25, -0.2) is 0 Å². The van der Waals surface area contributed by atoms with Crippen LogP contribution in [0.5, 0.6) is 0 Å². The van der Waals surface area contributed by atoms with Crippen molar-refractivity contribution in [2.75, 3.05) is 0 Å². The molecule has 0 aromatic rings. The van der Waals surface area contributed by atoms with Crippen LogP contribution in [0.25, 0.3) is 0 Å². The summed E-state index contributed by atoms with van der Waals surface area (Å²) in [6.07, 6.45) is 7.75. The zero-order valence-electron chi connectivity index (χ0n) is 12.2. The number of hydrogen-bond donors (Lipinski definition) is 0. The van der Waals surface area contributed by atoms with Crippen LogP contribution in [0.2, 0.25) is 8.26 Å². The normalized spacial score (nSPS) is 22.1. The van der Waals surface area contributed by atoms with Crippen LogP contribution in [0, 0.1) is 0 Å². The molecule has 0 nitrogen and oxygen atoms in total. The van der Waals surface area contributed by atoms with E-state index >= 15 is 0 Å². The third-order valence-corrected chi connectivity index (χ3v) is 16.3. The summed E-state index contributed by atoms with van der Waals surface area (Å²) in [5.41, 5.74) is 6.37. The monoisotopic (exact) mass is 374 g/mol. The molecule has 0 aromatic heterocycles. The van der Waals surface area contributed by atoms with Gasteiger partial charge in [-0.15, -0.1) is 0 Å². The van der Waals surface area contributed by atoms with Crippen molar-refractivity contribution in [3.8, 4) is 0 Å². The van der Waals surface area contributed by atoms with E-state index in [4.69, 9.17) is 0 Å². The average Bonchev–Trinajstić information content (AvgIpc) is 2.93. The van der Waals surface area contributed by atoms with E-state index in [1.165, 1.54) is 12.8 Å². The molecule has 2 aliphatic carbocycles. The summed E-state index contributed by atoms with van der Waals surface area (Å²) >= 11 is -1.93. The first kappa shape index (κ1) is 17.5. The quantitative estimate of drug-likeness (QED) is 0.595. The van der Waals surface area contributed by atoms with Crippen molar-refractivity contribution in [1.82, 2.24) is 0 Å². The first-order valence-corrected chi connectivity index (χ1v) is 12.7. The third kappa shape index (κ3) is 2.90. The predicted molar refractivity (Wildman–Crippen MR) is 71.8 cm³/mol. The molecule has 0 spiro atoms.